The summed E-state index contributed by atoms with van der Waals surface area (Å²) in [6.45, 7) is 8.19. The Bertz CT molecular complexity index is 370. The highest BCUT2D eigenvalue weighted by molar-refractivity contribution is 8.15. The van der Waals surface area contributed by atoms with E-state index in [9.17, 15) is 4.79 Å². The van der Waals surface area contributed by atoms with Crippen molar-refractivity contribution in [2.24, 2.45) is 16.8 Å². The van der Waals surface area contributed by atoms with Gasteiger partial charge in [-0.3, -0.25) is 9.79 Å². The third kappa shape index (κ3) is 2.99. The van der Waals surface area contributed by atoms with Gasteiger partial charge in [0.1, 0.15) is 0 Å². The van der Waals surface area contributed by atoms with Crippen LogP contribution in [0.4, 0.5) is 0 Å². The molecule has 2 bridgehead atoms. The van der Waals surface area contributed by atoms with Crippen LogP contribution in [-0.4, -0.2) is 21.9 Å². The second-order valence-corrected chi connectivity index (χ2v) is 7.19. The monoisotopic (exact) mass is 282 g/mol. The zero-order valence-electron chi connectivity index (χ0n) is 12.5. The fourth-order valence-electron chi connectivity index (χ4n) is 3.41. The maximum atomic E-state index is 11.8. The maximum absolute atomic E-state index is 11.8. The van der Waals surface area contributed by atoms with Crippen LogP contribution in [0.5, 0.6) is 0 Å². The molecular weight excluding hydrogens is 256 g/mol. The Morgan fingerprint density at radius 2 is 1.95 bits per heavy atom. The van der Waals surface area contributed by atoms with Gasteiger partial charge in [0.25, 0.3) is 0 Å². The van der Waals surface area contributed by atoms with E-state index in [4.69, 9.17) is 4.99 Å². The molecule has 2 saturated carbocycles. The Morgan fingerprint density at radius 3 is 2.37 bits per heavy atom. The minimum atomic E-state index is 0.0590. The molecule has 19 heavy (non-hydrogen) atoms. The average molecular weight is 282 g/mol. The molecule has 0 aromatic heterocycles. The molecule has 1 saturated heterocycles. The van der Waals surface area contributed by atoms with Crippen molar-refractivity contribution >= 4 is 22.8 Å². The second-order valence-electron chi connectivity index (χ2n) is 6.06. The molecule has 3 aliphatic rings. The van der Waals surface area contributed by atoms with Gasteiger partial charge in [-0.15, -0.1) is 0 Å². The first-order valence-corrected chi connectivity index (χ1v) is 8.53. The Labute approximate surface area is 121 Å². The molecular formula is C15H26N2OS. The number of hydrogen-bond acceptors (Lipinski definition) is 3. The highest BCUT2D eigenvalue weighted by atomic mass is 32.2. The predicted octanol–water partition coefficient (Wildman–Crippen LogP) is 3.59. The predicted molar refractivity (Wildman–Crippen MR) is 82.4 cm³/mol. The van der Waals surface area contributed by atoms with Gasteiger partial charge in [-0.1, -0.05) is 39.5 Å². The molecule has 0 radical (unpaired) electrons. The first kappa shape index (κ1) is 14.9. The minimum Gasteiger partial charge on any atom is -0.304 e. The summed E-state index contributed by atoms with van der Waals surface area (Å²) in [5.74, 6) is 1.43. The number of aliphatic imine (C=N–C) groups is 1. The quantitative estimate of drug-likeness (QED) is 0.841. The molecule has 1 amide bonds. The molecule has 0 spiro atoms. The number of rotatable bonds is 2. The van der Waals surface area contributed by atoms with Gasteiger partial charge < -0.3 is 5.32 Å². The van der Waals surface area contributed by atoms with Crippen molar-refractivity contribution in [2.45, 2.75) is 70.6 Å². The van der Waals surface area contributed by atoms with E-state index >= 15 is 0 Å². The topological polar surface area (TPSA) is 41.5 Å². The second kappa shape index (κ2) is 5.86. The molecule has 3 nitrogen and oxygen atoms in total. The molecule has 4 heteroatoms. The van der Waals surface area contributed by atoms with Crippen molar-refractivity contribution in [3.05, 3.63) is 0 Å². The summed E-state index contributed by atoms with van der Waals surface area (Å²) < 4.78 is 0. The van der Waals surface area contributed by atoms with Crippen LogP contribution in [0, 0.1) is 11.8 Å². The van der Waals surface area contributed by atoms with Gasteiger partial charge >= 0.3 is 0 Å². The summed E-state index contributed by atoms with van der Waals surface area (Å²) in [6, 6.07) is 0. The molecule has 0 aromatic carbocycles. The molecule has 1 N–H and O–H groups in total. The highest BCUT2D eigenvalue weighted by Gasteiger charge is 2.46. The number of fused-ring (bicyclic) bond motifs is 2. The fourth-order valence-corrected chi connectivity index (χ4v) is 4.49. The zero-order chi connectivity index (χ0) is 14.0. The molecule has 3 fully saturated rings. The van der Waals surface area contributed by atoms with Crippen LogP contribution in [-0.2, 0) is 4.79 Å². The van der Waals surface area contributed by atoms with E-state index in [0.717, 1.165) is 11.1 Å². The fraction of sp³-hybridized carbons (Fsp3) is 0.867. The van der Waals surface area contributed by atoms with Crippen molar-refractivity contribution in [1.82, 2.24) is 5.32 Å². The molecule has 1 heterocycles. The van der Waals surface area contributed by atoms with Gasteiger partial charge in [0.05, 0.1) is 10.8 Å². The lowest BCUT2D eigenvalue weighted by Crippen LogP contribution is -2.29. The standard InChI is InChI=1S/C13H20N2OS.C2H6/c1-8(2)10-11(16)14-12(17-10)15-13-5-3-9(7-13)4-6-13;1-2/h8-10H,3-7H2,1-2H3,(H,14,15,16);1-2H3. The van der Waals surface area contributed by atoms with E-state index in [1.807, 2.05) is 13.8 Å². The van der Waals surface area contributed by atoms with Crippen molar-refractivity contribution in [2.75, 3.05) is 0 Å². The normalized spacial score (nSPS) is 38.6. The molecule has 1 atom stereocenters. The molecule has 1 unspecified atom stereocenters. The Kier molecular flexibility index (Phi) is 4.59. The first-order valence-electron chi connectivity index (χ1n) is 7.65. The van der Waals surface area contributed by atoms with E-state index in [1.165, 1.54) is 32.1 Å². The van der Waals surface area contributed by atoms with Gasteiger partial charge in [-0.05, 0) is 43.9 Å². The number of nitrogens with zero attached hydrogens (tertiary/aromatic N) is 1. The molecule has 2 aliphatic carbocycles. The Morgan fingerprint density at radius 1 is 1.32 bits per heavy atom. The van der Waals surface area contributed by atoms with Gasteiger partial charge in [0.15, 0.2) is 5.17 Å². The summed E-state index contributed by atoms with van der Waals surface area (Å²) in [5.41, 5.74) is 0.187. The SMILES string of the molecule is CC.CC(C)C1SC(=NC23CCC(CC2)C3)NC1=O. The Hall–Kier alpha value is -0.510. The number of amides is 1. The summed E-state index contributed by atoms with van der Waals surface area (Å²) in [6.07, 6.45) is 6.37. The summed E-state index contributed by atoms with van der Waals surface area (Å²) in [5, 5.41) is 3.91. The van der Waals surface area contributed by atoms with Crippen LogP contribution in [0.15, 0.2) is 4.99 Å². The zero-order valence-corrected chi connectivity index (χ0v) is 13.3. The highest BCUT2D eigenvalue weighted by Crippen LogP contribution is 2.50. The third-order valence-electron chi connectivity index (χ3n) is 4.38. The number of nitrogens with one attached hydrogen (secondary N) is 1. The van der Waals surface area contributed by atoms with Crippen molar-refractivity contribution < 1.29 is 4.79 Å². The van der Waals surface area contributed by atoms with E-state index < -0.39 is 0 Å². The van der Waals surface area contributed by atoms with Crippen molar-refractivity contribution in [3.8, 4) is 0 Å². The van der Waals surface area contributed by atoms with Crippen molar-refractivity contribution in [3.63, 3.8) is 0 Å². The smallest absolute Gasteiger partial charge is 0.239 e. The number of amidine groups is 1. The number of thioether (sulfide) groups is 1. The van der Waals surface area contributed by atoms with E-state index in [1.54, 1.807) is 11.8 Å². The minimum absolute atomic E-state index is 0.0590. The molecule has 108 valence electrons. The summed E-state index contributed by atoms with van der Waals surface area (Å²) >= 11 is 1.64. The van der Waals surface area contributed by atoms with Gasteiger partial charge in [0.2, 0.25) is 5.91 Å². The van der Waals surface area contributed by atoms with Crippen LogP contribution in [0.1, 0.15) is 59.8 Å². The van der Waals surface area contributed by atoms with Crippen molar-refractivity contribution in [1.29, 1.82) is 0 Å². The third-order valence-corrected chi connectivity index (χ3v) is 5.80. The number of carbonyl (C=O) groups excluding carboxylic acids is 1. The van der Waals surface area contributed by atoms with Gasteiger partial charge in [-0.2, -0.15) is 0 Å². The molecule has 1 aliphatic heterocycles. The van der Waals surface area contributed by atoms with Crippen LogP contribution in [0.3, 0.4) is 0 Å². The number of hydrogen-bond donors (Lipinski definition) is 1. The first-order chi connectivity index (χ1) is 9.08. The van der Waals surface area contributed by atoms with Crippen LogP contribution >= 0.6 is 11.8 Å². The van der Waals surface area contributed by atoms with E-state index in [0.29, 0.717) is 5.92 Å². The Balaban J connectivity index is 0.000000637. The number of carbonyl (C=O) groups is 1. The molecule has 0 aromatic rings. The lowest BCUT2D eigenvalue weighted by atomic mass is 9.95. The van der Waals surface area contributed by atoms with E-state index in [-0.39, 0.29) is 16.7 Å². The largest absolute Gasteiger partial charge is 0.304 e. The van der Waals surface area contributed by atoms with Crippen LogP contribution < -0.4 is 5.32 Å². The summed E-state index contributed by atoms with van der Waals surface area (Å²) in [4.78, 5) is 16.7. The maximum Gasteiger partial charge on any atom is 0.239 e. The van der Waals surface area contributed by atoms with Crippen LogP contribution in [0.25, 0.3) is 0 Å². The molecule has 3 rings (SSSR count). The summed E-state index contributed by atoms with van der Waals surface area (Å²) in [7, 11) is 0. The van der Waals surface area contributed by atoms with Crippen LogP contribution in [0.2, 0.25) is 0 Å². The van der Waals surface area contributed by atoms with E-state index in [2.05, 4.69) is 19.2 Å². The van der Waals surface area contributed by atoms with Gasteiger partial charge in [0, 0.05) is 0 Å². The lowest BCUT2D eigenvalue weighted by Gasteiger charge is -2.21. The average Bonchev–Trinajstić information content (AvgIpc) is 3.06. The lowest BCUT2D eigenvalue weighted by molar-refractivity contribution is -0.119. The van der Waals surface area contributed by atoms with Gasteiger partial charge in [-0.25, -0.2) is 0 Å².